The second kappa shape index (κ2) is 13.2. The molecule has 0 bridgehead atoms. The molecule has 2 aromatic rings. The molecule has 2 N–H and O–H groups in total. The largest absolute Gasteiger partial charge is 0.419 e. The van der Waals surface area contributed by atoms with Crippen LogP contribution in [0.5, 0.6) is 0 Å². The number of rotatable bonds is 8. The summed E-state index contributed by atoms with van der Waals surface area (Å²) in [5.74, 6) is -0.459. The minimum Gasteiger partial charge on any atom is -0.353 e. The molecule has 1 saturated carbocycles. The van der Waals surface area contributed by atoms with Crippen LogP contribution in [0.4, 0.5) is 24.8 Å². The van der Waals surface area contributed by atoms with Crippen LogP contribution < -0.4 is 10.6 Å². The Balaban J connectivity index is 1.48. The van der Waals surface area contributed by atoms with E-state index in [1.54, 1.807) is 43.0 Å². The van der Waals surface area contributed by atoms with Gasteiger partial charge >= 0.3 is 6.18 Å². The SMILES string of the molecule is CC(C)C(=O)N[C@H]1CCCC[C@H]1Cc1nc(Nc2ccc(C(=O)N(C)C3CCN(C)CC3)cc2)ncc1C(F)(F)F. The average molecular weight is 575 g/mol. The maximum absolute atomic E-state index is 13.9. The van der Waals surface area contributed by atoms with E-state index in [1.165, 1.54) is 0 Å². The Kier molecular flexibility index (Phi) is 9.88. The van der Waals surface area contributed by atoms with Crippen LogP contribution in [0.15, 0.2) is 30.5 Å². The molecular weight excluding hydrogens is 533 g/mol. The molecule has 2 atom stereocenters. The minimum absolute atomic E-state index is 0.0501. The van der Waals surface area contributed by atoms with E-state index in [4.69, 9.17) is 0 Å². The van der Waals surface area contributed by atoms with Crippen LogP contribution in [-0.4, -0.2) is 70.9 Å². The first-order chi connectivity index (χ1) is 19.4. The van der Waals surface area contributed by atoms with Gasteiger partial charge in [0.25, 0.3) is 5.91 Å². The van der Waals surface area contributed by atoms with Gasteiger partial charge in [0.1, 0.15) is 0 Å². The Morgan fingerprint density at radius 1 is 1.07 bits per heavy atom. The van der Waals surface area contributed by atoms with E-state index in [1.807, 2.05) is 7.05 Å². The summed E-state index contributed by atoms with van der Waals surface area (Å²) < 4.78 is 41.7. The number of hydrogen-bond donors (Lipinski definition) is 2. The van der Waals surface area contributed by atoms with E-state index in [2.05, 4.69) is 32.5 Å². The summed E-state index contributed by atoms with van der Waals surface area (Å²) in [6.07, 6.45) is 1.45. The summed E-state index contributed by atoms with van der Waals surface area (Å²) in [4.78, 5) is 37.7. The normalized spacial score (nSPS) is 20.6. The predicted octanol–water partition coefficient (Wildman–Crippen LogP) is 5.28. The smallest absolute Gasteiger partial charge is 0.353 e. The molecular formula is C30H41F3N6O2. The zero-order valence-corrected chi connectivity index (χ0v) is 24.3. The highest BCUT2D eigenvalue weighted by Crippen LogP contribution is 2.35. The molecule has 224 valence electrons. The number of nitrogens with one attached hydrogen (secondary N) is 2. The van der Waals surface area contributed by atoms with Crippen LogP contribution >= 0.6 is 0 Å². The Morgan fingerprint density at radius 2 is 1.73 bits per heavy atom. The van der Waals surface area contributed by atoms with E-state index in [0.717, 1.165) is 51.4 Å². The fraction of sp³-hybridized carbons (Fsp3) is 0.600. The highest BCUT2D eigenvalue weighted by molar-refractivity contribution is 5.94. The zero-order chi connectivity index (χ0) is 29.7. The van der Waals surface area contributed by atoms with Gasteiger partial charge in [-0.1, -0.05) is 26.7 Å². The quantitative estimate of drug-likeness (QED) is 0.446. The molecule has 1 aliphatic heterocycles. The first kappa shape index (κ1) is 30.7. The number of amides is 2. The molecule has 8 nitrogen and oxygen atoms in total. The van der Waals surface area contributed by atoms with Gasteiger partial charge in [-0.15, -0.1) is 0 Å². The van der Waals surface area contributed by atoms with Gasteiger partial charge in [0.2, 0.25) is 11.9 Å². The summed E-state index contributed by atoms with van der Waals surface area (Å²) in [6, 6.07) is 6.81. The molecule has 0 spiro atoms. The number of likely N-dealkylation sites (tertiary alicyclic amines) is 1. The fourth-order valence-corrected chi connectivity index (χ4v) is 5.69. The van der Waals surface area contributed by atoms with E-state index in [-0.39, 0.29) is 53.8 Å². The monoisotopic (exact) mass is 574 g/mol. The number of halogens is 3. The second-order valence-electron chi connectivity index (χ2n) is 11.7. The number of benzene rings is 1. The van der Waals surface area contributed by atoms with Gasteiger partial charge < -0.3 is 20.4 Å². The molecule has 41 heavy (non-hydrogen) atoms. The summed E-state index contributed by atoms with van der Waals surface area (Å²) in [7, 11) is 3.90. The van der Waals surface area contributed by atoms with Crippen molar-refractivity contribution in [2.75, 3.05) is 32.5 Å². The maximum atomic E-state index is 13.9. The van der Waals surface area contributed by atoms with Crippen molar-refractivity contribution in [1.82, 2.24) is 25.1 Å². The third-order valence-electron chi connectivity index (χ3n) is 8.33. The van der Waals surface area contributed by atoms with E-state index in [0.29, 0.717) is 17.7 Å². The predicted molar refractivity (Wildman–Crippen MR) is 152 cm³/mol. The molecule has 0 radical (unpaired) electrons. The maximum Gasteiger partial charge on any atom is 0.419 e. The highest BCUT2D eigenvalue weighted by atomic mass is 19.4. The average Bonchev–Trinajstić information content (AvgIpc) is 2.93. The number of nitrogens with zero attached hydrogens (tertiary/aromatic N) is 4. The summed E-state index contributed by atoms with van der Waals surface area (Å²) >= 11 is 0. The third-order valence-corrected chi connectivity index (χ3v) is 8.33. The summed E-state index contributed by atoms with van der Waals surface area (Å²) in [6.45, 7) is 5.50. The van der Waals surface area contributed by atoms with Crippen molar-refractivity contribution in [2.45, 2.75) is 77.1 Å². The highest BCUT2D eigenvalue weighted by Gasteiger charge is 2.37. The lowest BCUT2D eigenvalue weighted by Crippen LogP contribution is -2.44. The van der Waals surface area contributed by atoms with E-state index < -0.39 is 11.7 Å². The molecule has 11 heteroatoms. The summed E-state index contributed by atoms with van der Waals surface area (Å²) in [5.41, 5.74) is 0.157. The Bertz CT molecular complexity index is 1200. The number of aromatic nitrogens is 2. The molecule has 1 aromatic heterocycles. The van der Waals surface area contributed by atoms with Crippen LogP contribution in [0.25, 0.3) is 0 Å². The van der Waals surface area contributed by atoms with Crippen LogP contribution in [0.2, 0.25) is 0 Å². The Hall–Kier alpha value is -3.21. The van der Waals surface area contributed by atoms with E-state index >= 15 is 0 Å². The van der Waals surface area contributed by atoms with Gasteiger partial charge in [-0.3, -0.25) is 9.59 Å². The first-order valence-electron chi connectivity index (χ1n) is 14.5. The topological polar surface area (TPSA) is 90.5 Å². The van der Waals surface area contributed by atoms with Gasteiger partial charge in [-0.2, -0.15) is 13.2 Å². The lowest BCUT2D eigenvalue weighted by atomic mass is 9.81. The van der Waals surface area contributed by atoms with E-state index in [9.17, 15) is 22.8 Å². The molecule has 2 fully saturated rings. The van der Waals surface area contributed by atoms with Crippen molar-refractivity contribution in [2.24, 2.45) is 11.8 Å². The van der Waals surface area contributed by atoms with Crippen molar-refractivity contribution in [1.29, 1.82) is 0 Å². The number of piperidine rings is 1. The molecule has 1 aliphatic carbocycles. The fourth-order valence-electron chi connectivity index (χ4n) is 5.69. The van der Waals surface area contributed by atoms with Crippen LogP contribution in [0.1, 0.15) is 74.0 Å². The second-order valence-corrected chi connectivity index (χ2v) is 11.7. The minimum atomic E-state index is -4.60. The number of alkyl halides is 3. The van der Waals surface area contributed by atoms with Gasteiger partial charge in [-0.05, 0) is 82.4 Å². The van der Waals surface area contributed by atoms with Crippen molar-refractivity contribution >= 4 is 23.5 Å². The number of anilines is 2. The molecule has 4 rings (SSSR count). The van der Waals surface area contributed by atoms with Crippen LogP contribution in [0.3, 0.4) is 0 Å². The Labute approximate surface area is 240 Å². The van der Waals surface area contributed by atoms with Gasteiger partial charge in [0, 0.05) is 42.5 Å². The summed E-state index contributed by atoms with van der Waals surface area (Å²) in [5, 5.41) is 6.03. The standard InChI is InChI=1S/C30H41F3N6O2/c1-19(2)27(40)36-25-8-6-5-7-21(25)17-26-24(30(31,32)33)18-34-29(37-26)35-22-11-9-20(10-12-22)28(41)39(4)23-13-15-38(3)16-14-23/h9-12,18-19,21,23,25H,5-8,13-17H2,1-4H3,(H,36,40)(H,34,35,37)/t21-,25-/m0/s1. The molecule has 2 aliphatic rings. The lowest BCUT2D eigenvalue weighted by Gasteiger charge is -2.35. The number of carbonyl (C=O) groups is 2. The zero-order valence-electron chi connectivity index (χ0n) is 24.3. The van der Waals surface area contributed by atoms with Crippen LogP contribution in [0, 0.1) is 11.8 Å². The van der Waals surface area contributed by atoms with Gasteiger partial charge in [0.05, 0.1) is 11.3 Å². The number of carbonyl (C=O) groups excluding carboxylic acids is 2. The molecule has 2 amide bonds. The molecule has 0 unspecified atom stereocenters. The first-order valence-corrected chi connectivity index (χ1v) is 14.5. The van der Waals surface area contributed by atoms with Crippen molar-refractivity contribution in [3.8, 4) is 0 Å². The van der Waals surface area contributed by atoms with Crippen molar-refractivity contribution in [3.63, 3.8) is 0 Å². The van der Waals surface area contributed by atoms with Crippen LogP contribution in [-0.2, 0) is 17.4 Å². The third kappa shape index (κ3) is 7.96. The van der Waals surface area contributed by atoms with Gasteiger partial charge in [0.15, 0.2) is 0 Å². The Morgan fingerprint density at radius 3 is 2.37 bits per heavy atom. The van der Waals surface area contributed by atoms with Gasteiger partial charge in [-0.25, -0.2) is 9.97 Å². The van der Waals surface area contributed by atoms with Crippen molar-refractivity contribution < 1.29 is 22.8 Å². The number of hydrogen-bond acceptors (Lipinski definition) is 6. The molecule has 1 aromatic carbocycles. The molecule has 1 saturated heterocycles. The van der Waals surface area contributed by atoms with Crippen molar-refractivity contribution in [3.05, 3.63) is 47.3 Å². The molecule has 2 heterocycles. The lowest BCUT2D eigenvalue weighted by molar-refractivity contribution is -0.139.